The molecule has 0 amide bonds. The summed E-state index contributed by atoms with van der Waals surface area (Å²) < 4.78 is 24.3. The first kappa shape index (κ1) is 9.90. The van der Waals surface area contributed by atoms with Gasteiger partial charge in [-0.25, -0.2) is 4.39 Å². The van der Waals surface area contributed by atoms with E-state index in [1.807, 2.05) is 13.8 Å². The van der Waals surface area contributed by atoms with Crippen molar-refractivity contribution in [2.75, 3.05) is 0 Å². The third-order valence-electron chi connectivity index (χ3n) is 3.46. The van der Waals surface area contributed by atoms with Crippen LogP contribution in [-0.2, 0) is 14.3 Å². The number of rotatable bonds is 2. The lowest BCUT2D eigenvalue weighted by Crippen LogP contribution is -2.29. The van der Waals surface area contributed by atoms with Gasteiger partial charge in [-0.2, -0.15) is 0 Å². The summed E-state index contributed by atoms with van der Waals surface area (Å²) in [6, 6.07) is 0. The minimum Gasteiger partial charge on any atom is -0.432 e. The average Bonchev–Trinajstić information content (AvgIpc) is 2.58. The number of fused-ring (bicyclic) bond motifs is 1. The SMILES string of the molecule is CC[C@H]1OC(OC(C)=O)[C@@]2(F)C[C@]12C. The minimum atomic E-state index is -1.45. The largest absolute Gasteiger partial charge is 0.432 e. The molecule has 1 unspecified atom stereocenters. The molecule has 0 aromatic heterocycles. The third-order valence-corrected chi connectivity index (χ3v) is 3.46. The molecule has 0 radical (unpaired) electrons. The van der Waals surface area contributed by atoms with Crippen molar-refractivity contribution in [1.29, 1.82) is 0 Å². The van der Waals surface area contributed by atoms with Crippen molar-refractivity contribution in [3.05, 3.63) is 0 Å². The molecule has 1 saturated heterocycles. The molecule has 0 aromatic rings. The van der Waals surface area contributed by atoms with Gasteiger partial charge in [-0.1, -0.05) is 13.8 Å². The Balaban J connectivity index is 2.13. The zero-order valence-corrected chi connectivity index (χ0v) is 8.67. The highest BCUT2D eigenvalue weighted by molar-refractivity contribution is 5.66. The standard InChI is InChI=1S/C10H15FO3/c1-4-7-9(3)5-10(9,11)8(14-7)13-6(2)12/h7-8H,4-5H2,1-3H3/t7-,8?,9-,10+/m1/s1. The van der Waals surface area contributed by atoms with E-state index in [4.69, 9.17) is 9.47 Å². The van der Waals surface area contributed by atoms with E-state index >= 15 is 0 Å². The Labute approximate surface area is 82.6 Å². The van der Waals surface area contributed by atoms with Crippen LogP contribution in [0.4, 0.5) is 4.39 Å². The number of ether oxygens (including phenoxy) is 2. The second-order valence-corrected chi connectivity index (χ2v) is 4.43. The summed E-state index contributed by atoms with van der Waals surface area (Å²) in [4.78, 5) is 10.7. The van der Waals surface area contributed by atoms with Crippen molar-refractivity contribution in [2.24, 2.45) is 5.41 Å². The normalized spacial score (nSPS) is 50.0. The number of esters is 1. The molecule has 0 bridgehead atoms. The summed E-state index contributed by atoms with van der Waals surface area (Å²) in [6.07, 6.45) is 0.0722. The Kier molecular flexibility index (Phi) is 1.90. The maximum absolute atomic E-state index is 14.1. The number of carbonyl (C=O) groups is 1. The van der Waals surface area contributed by atoms with Crippen LogP contribution in [-0.4, -0.2) is 24.0 Å². The molecule has 0 spiro atoms. The predicted octanol–water partition coefficient (Wildman–Crippen LogP) is 1.80. The molecular weight excluding hydrogens is 187 g/mol. The van der Waals surface area contributed by atoms with Crippen LogP contribution >= 0.6 is 0 Å². The number of hydrogen-bond donors (Lipinski definition) is 0. The number of hydrogen-bond acceptors (Lipinski definition) is 3. The fraction of sp³-hybridized carbons (Fsp3) is 0.900. The van der Waals surface area contributed by atoms with Gasteiger partial charge in [-0.15, -0.1) is 0 Å². The first-order chi connectivity index (χ1) is 6.44. The Morgan fingerprint density at radius 2 is 2.36 bits per heavy atom. The monoisotopic (exact) mass is 202 g/mol. The molecule has 2 aliphatic rings. The average molecular weight is 202 g/mol. The van der Waals surface area contributed by atoms with Gasteiger partial charge in [0, 0.05) is 12.3 Å². The molecule has 0 aromatic carbocycles. The molecule has 4 atom stereocenters. The smallest absolute Gasteiger partial charge is 0.305 e. The zero-order chi connectivity index (χ0) is 10.6. The lowest BCUT2D eigenvalue weighted by Gasteiger charge is -2.18. The molecule has 0 N–H and O–H groups in total. The van der Waals surface area contributed by atoms with Crippen LogP contribution in [0.25, 0.3) is 0 Å². The second-order valence-electron chi connectivity index (χ2n) is 4.43. The molecule has 80 valence electrons. The van der Waals surface area contributed by atoms with Gasteiger partial charge in [-0.3, -0.25) is 4.79 Å². The lowest BCUT2D eigenvalue weighted by atomic mass is 9.98. The maximum Gasteiger partial charge on any atom is 0.305 e. The predicted molar refractivity (Wildman–Crippen MR) is 47.3 cm³/mol. The van der Waals surface area contributed by atoms with Gasteiger partial charge in [0.1, 0.15) is 0 Å². The maximum atomic E-state index is 14.1. The van der Waals surface area contributed by atoms with Crippen molar-refractivity contribution in [2.45, 2.75) is 51.7 Å². The van der Waals surface area contributed by atoms with Crippen LogP contribution in [0, 0.1) is 5.41 Å². The van der Waals surface area contributed by atoms with Gasteiger partial charge < -0.3 is 9.47 Å². The molecule has 4 heteroatoms. The molecule has 3 nitrogen and oxygen atoms in total. The highest BCUT2D eigenvalue weighted by Crippen LogP contribution is 2.69. The first-order valence-corrected chi connectivity index (χ1v) is 4.95. The number of alkyl halides is 1. The van der Waals surface area contributed by atoms with Crippen LogP contribution < -0.4 is 0 Å². The van der Waals surface area contributed by atoms with Gasteiger partial charge in [0.05, 0.1) is 6.10 Å². The van der Waals surface area contributed by atoms with Crippen molar-refractivity contribution >= 4 is 5.97 Å². The van der Waals surface area contributed by atoms with Crippen LogP contribution in [0.3, 0.4) is 0 Å². The number of carbonyl (C=O) groups excluding carboxylic acids is 1. The van der Waals surface area contributed by atoms with Crippen molar-refractivity contribution < 1.29 is 18.7 Å². The summed E-state index contributed by atoms with van der Waals surface area (Å²) in [7, 11) is 0. The van der Waals surface area contributed by atoms with Gasteiger partial charge in [0.15, 0.2) is 5.67 Å². The van der Waals surface area contributed by atoms with Crippen LogP contribution in [0.5, 0.6) is 0 Å². The Hall–Kier alpha value is -0.640. The first-order valence-electron chi connectivity index (χ1n) is 4.95. The van der Waals surface area contributed by atoms with Crippen molar-refractivity contribution in [3.8, 4) is 0 Å². The molecule has 2 fully saturated rings. The molecule has 1 heterocycles. The summed E-state index contributed by atoms with van der Waals surface area (Å²) in [5, 5.41) is 0. The van der Waals surface area contributed by atoms with E-state index in [1.165, 1.54) is 6.92 Å². The summed E-state index contributed by atoms with van der Waals surface area (Å²) in [6.45, 7) is 5.07. The van der Waals surface area contributed by atoms with Crippen LogP contribution in [0.1, 0.15) is 33.6 Å². The lowest BCUT2D eigenvalue weighted by molar-refractivity contribution is -0.191. The molecule has 1 aliphatic heterocycles. The van der Waals surface area contributed by atoms with Gasteiger partial charge in [0.2, 0.25) is 6.29 Å². The molecule has 14 heavy (non-hydrogen) atoms. The molecule has 1 saturated carbocycles. The van der Waals surface area contributed by atoms with Crippen molar-refractivity contribution in [3.63, 3.8) is 0 Å². The van der Waals surface area contributed by atoms with E-state index in [-0.39, 0.29) is 6.10 Å². The highest BCUT2D eigenvalue weighted by Gasteiger charge is 2.80. The van der Waals surface area contributed by atoms with E-state index < -0.39 is 23.3 Å². The summed E-state index contributed by atoms with van der Waals surface area (Å²) in [5.74, 6) is -0.488. The minimum absolute atomic E-state index is 0.128. The van der Waals surface area contributed by atoms with E-state index in [1.54, 1.807) is 0 Å². The van der Waals surface area contributed by atoms with E-state index in [0.29, 0.717) is 6.42 Å². The van der Waals surface area contributed by atoms with Crippen LogP contribution in [0.15, 0.2) is 0 Å². The Morgan fingerprint density at radius 3 is 2.79 bits per heavy atom. The summed E-state index contributed by atoms with van der Waals surface area (Å²) >= 11 is 0. The summed E-state index contributed by atoms with van der Waals surface area (Å²) in [5.41, 5.74) is -1.89. The van der Waals surface area contributed by atoms with Crippen LogP contribution in [0.2, 0.25) is 0 Å². The Bertz CT molecular complexity index is 281. The quantitative estimate of drug-likeness (QED) is 0.640. The van der Waals surface area contributed by atoms with Crippen molar-refractivity contribution in [1.82, 2.24) is 0 Å². The van der Waals surface area contributed by atoms with Gasteiger partial charge >= 0.3 is 5.97 Å². The van der Waals surface area contributed by atoms with E-state index in [9.17, 15) is 9.18 Å². The fourth-order valence-electron chi connectivity index (χ4n) is 2.45. The topological polar surface area (TPSA) is 35.5 Å². The molecule has 2 rings (SSSR count). The highest BCUT2D eigenvalue weighted by atomic mass is 19.1. The van der Waals surface area contributed by atoms with Gasteiger partial charge in [-0.05, 0) is 12.8 Å². The number of halogens is 1. The van der Waals surface area contributed by atoms with E-state index in [2.05, 4.69) is 0 Å². The zero-order valence-electron chi connectivity index (χ0n) is 8.67. The van der Waals surface area contributed by atoms with E-state index in [0.717, 1.165) is 6.42 Å². The fourth-order valence-corrected chi connectivity index (χ4v) is 2.45. The second kappa shape index (κ2) is 2.69. The molecule has 1 aliphatic carbocycles. The van der Waals surface area contributed by atoms with Gasteiger partial charge in [0.25, 0.3) is 0 Å². The molecular formula is C10H15FO3. The third kappa shape index (κ3) is 1.03. The Morgan fingerprint density at radius 1 is 1.71 bits per heavy atom.